The number of fused-ring (bicyclic) bond motifs is 1. The van der Waals surface area contributed by atoms with E-state index in [0.717, 1.165) is 11.2 Å². The van der Waals surface area contributed by atoms with Gasteiger partial charge in [-0.1, -0.05) is 13.8 Å². The molecule has 18 heavy (non-hydrogen) atoms. The van der Waals surface area contributed by atoms with Crippen LogP contribution in [0.4, 0.5) is 5.82 Å². The minimum atomic E-state index is 0.0659. The van der Waals surface area contributed by atoms with E-state index in [1.165, 1.54) is 6.33 Å². The molecule has 6 heteroatoms. The van der Waals surface area contributed by atoms with E-state index in [1.807, 2.05) is 18.4 Å². The fourth-order valence-corrected chi connectivity index (χ4v) is 1.53. The summed E-state index contributed by atoms with van der Waals surface area (Å²) in [6.07, 6.45) is 3.26. The highest BCUT2D eigenvalue weighted by Gasteiger charge is 2.10. The van der Waals surface area contributed by atoms with Crippen molar-refractivity contribution in [3.8, 4) is 0 Å². The topological polar surface area (TPSA) is 75.9 Å². The first-order chi connectivity index (χ1) is 8.74. The van der Waals surface area contributed by atoms with Gasteiger partial charge < -0.3 is 15.0 Å². The minimum Gasteiger partial charge on any atom is -0.395 e. The molecule has 0 radical (unpaired) electrons. The van der Waals surface area contributed by atoms with Gasteiger partial charge in [0.25, 0.3) is 0 Å². The summed E-state index contributed by atoms with van der Waals surface area (Å²) in [7, 11) is 0. The molecule has 0 saturated heterocycles. The van der Waals surface area contributed by atoms with Crippen molar-refractivity contribution in [2.24, 2.45) is 0 Å². The molecule has 0 aliphatic heterocycles. The van der Waals surface area contributed by atoms with Crippen LogP contribution in [0.2, 0.25) is 0 Å². The summed E-state index contributed by atoms with van der Waals surface area (Å²) in [5.41, 5.74) is 1.55. The monoisotopic (exact) mass is 251 g/mol. The van der Waals surface area contributed by atoms with Crippen LogP contribution < -0.4 is 5.32 Å². The highest BCUT2D eigenvalue weighted by atomic mass is 16.3. The van der Waals surface area contributed by atoms with Gasteiger partial charge in [0.15, 0.2) is 11.5 Å². The van der Waals surface area contributed by atoms with Gasteiger partial charge in [0.2, 0.25) is 0 Å². The van der Waals surface area contributed by atoms with Crippen LogP contribution in [-0.4, -0.2) is 37.8 Å². The molecule has 0 amide bonds. The maximum atomic E-state index is 8.76. The molecule has 2 rings (SSSR count). The number of hydrogen-bond donors (Lipinski definition) is 2. The molecule has 0 saturated carbocycles. The van der Waals surface area contributed by atoms with Crippen LogP contribution in [0.15, 0.2) is 12.7 Å². The zero-order valence-electron chi connectivity index (χ0n) is 11.4. The lowest BCUT2D eigenvalue weighted by atomic mass is 10.4. The number of nitrogens with one attached hydrogen (secondary N) is 1. The molecule has 0 fully saturated rings. The lowest BCUT2D eigenvalue weighted by molar-refractivity contribution is 0.311. The Morgan fingerprint density at radius 1 is 1.28 bits per heavy atom. The van der Waals surface area contributed by atoms with Gasteiger partial charge in [-0.05, 0) is 13.8 Å². The predicted molar refractivity (Wildman–Crippen MR) is 72.6 cm³/mol. The summed E-state index contributed by atoms with van der Waals surface area (Å²) in [5, 5.41) is 11.8. The molecular formula is C12H21N5O. The second-order valence-electron chi connectivity index (χ2n) is 3.79. The van der Waals surface area contributed by atoms with E-state index in [4.69, 9.17) is 5.11 Å². The number of aliphatic hydroxyl groups is 1. The number of rotatable bonds is 4. The van der Waals surface area contributed by atoms with Crippen molar-refractivity contribution in [1.82, 2.24) is 19.5 Å². The summed E-state index contributed by atoms with van der Waals surface area (Å²) in [6.45, 7) is 8.67. The van der Waals surface area contributed by atoms with Crippen LogP contribution in [0.3, 0.4) is 0 Å². The molecule has 2 N–H and O–H groups in total. The van der Waals surface area contributed by atoms with E-state index in [0.29, 0.717) is 18.4 Å². The van der Waals surface area contributed by atoms with Crippen molar-refractivity contribution >= 4 is 17.0 Å². The van der Waals surface area contributed by atoms with E-state index in [2.05, 4.69) is 34.1 Å². The second kappa shape index (κ2) is 6.90. The lowest BCUT2D eigenvalue weighted by Crippen LogP contribution is -2.08. The van der Waals surface area contributed by atoms with Gasteiger partial charge in [0.1, 0.15) is 11.8 Å². The van der Waals surface area contributed by atoms with Gasteiger partial charge in [-0.15, -0.1) is 0 Å². The van der Waals surface area contributed by atoms with E-state index in [-0.39, 0.29) is 6.61 Å². The lowest BCUT2D eigenvalue weighted by Gasteiger charge is -2.07. The predicted octanol–water partition coefficient (Wildman–Crippen LogP) is 1.84. The third-order valence-electron chi connectivity index (χ3n) is 2.32. The fraction of sp³-hybridized carbons (Fsp3) is 0.583. The Bertz CT molecular complexity index is 480. The Morgan fingerprint density at radius 2 is 2.00 bits per heavy atom. The van der Waals surface area contributed by atoms with Crippen LogP contribution in [0.5, 0.6) is 0 Å². The van der Waals surface area contributed by atoms with Crippen molar-refractivity contribution in [3.05, 3.63) is 12.7 Å². The van der Waals surface area contributed by atoms with Crippen LogP contribution in [0.1, 0.15) is 33.7 Å². The summed E-state index contributed by atoms with van der Waals surface area (Å²) in [6, 6.07) is 0.311. The summed E-state index contributed by atoms with van der Waals surface area (Å²) >= 11 is 0. The van der Waals surface area contributed by atoms with Gasteiger partial charge in [0.05, 0.1) is 12.9 Å². The molecule has 2 aromatic rings. The van der Waals surface area contributed by atoms with Crippen LogP contribution in [0, 0.1) is 0 Å². The first kappa shape index (κ1) is 14.4. The van der Waals surface area contributed by atoms with E-state index in [1.54, 1.807) is 6.33 Å². The average molecular weight is 251 g/mol. The normalized spacial score (nSPS) is 10.3. The molecule has 0 aliphatic carbocycles. The molecule has 0 spiro atoms. The number of nitrogens with zero attached hydrogens (tertiary/aromatic N) is 4. The maximum absolute atomic E-state index is 8.76. The Hall–Kier alpha value is -1.69. The number of aliphatic hydroxyl groups excluding tert-OH is 1. The van der Waals surface area contributed by atoms with Crippen molar-refractivity contribution in [1.29, 1.82) is 0 Å². The molecule has 0 unspecified atom stereocenters. The molecule has 2 aromatic heterocycles. The standard InChI is InChI=1S/C10H15N5O.C2H6/c1-7(2)15-6-14-8-9(11-3-4-16)12-5-13-10(8)15;1-2/h5-7,16H,3-4H2,1-2H3,(H,11,12,13);1-2H3. The smallest absolute Gasteiger partial charge is 0.165 e. The quantitative estimate of drug-likeness (QED) is 0.867. The van der Waals surface area contributed by atoms with Crippen molar-refractivity contribution in [2.75, 3.05) is 18.5 Å². The fourth-order valence-electron chi connectivity index (χ4n) is 1.53. The minimum absolute atomic E-state index is 0.0659. The molecular weight excluding hydrogens is 230 g/mol. The first-order valence-corrected chi connectivity index (χ1v) is 6.26. The summed E-state index contributed by atoms with van der Waals surface area (Å²) in [5.74, 6) is 0.665. The van der Waals surface area contributed by atoms with Crippen LogP contribution >= 0.6 is 0 Å². The van der Waals surface area contributed by atoms with Gasteiger partial charge in [-0.25, -0.2) is 15.0 Å². The molecule has 100 valence electrons. The SMILES string of the molecule is CC.CC(C)n1cnc2c(NCCO)ncnc21. The summed E-state index contributed by atoms with van der Waals surface area (Å²) < 4.78 is 1.99. The van der Waals surface area contributed by atoms with Gasteiger partial charge in [0, 0.05) is 12.6 Å². The van der Waals surface area contributed by atoms with E-state index >= 15 is 0 Å². The number of hydrogen-bond acceptors (Lipinski definition) is 5. The Kier molecular flexibility index (Phi) is 5.51. The zero-order chi connectivity index (χ0) is 13.5. The van der Waals surface area contributed by atoms with Crippen molar-refractivity contribution < 1.29 is 5.11 Å². The average Bonchev–Trinajstić information content (AvgIpc) is 2.83. The number of aromatic nitrogens is 4. The molecule has 2 heterocycles. The number of anilines is 1. The van der Waals surface area contributed by atoms with Gasteiger partial charge in [-0.3, -0.25) is 0 Å². The first-order valence-electron chi connectivity index (χ1n) is 6.26. The highest BCUT2D eigenvalue weighted by Crippen LogP contribution is 2.19. The van der Waals surface area contributed by atoms with E-state index < -0.39 is 0 Å². The third kappa shape index (κ3) is 2.95. The third-order valence-corrected chi connectivity index (χ3v) is 2.32. The Morgan fingerprint density at radius 3 is 2.61 bits per heavy atom. The van der Waals surface area contributed by atoms with Crippen LogP contribution in [0.25, 0.3) is 11.2 Å². The molecule has 0 atom stereocenters. The molecule has 0 bridgehead atoms. The van der Waals surface area contributed by atoms with Crippen LogP contribution in [-0.2, 0) is 0 Å². The second-order valence-corrected chi connectivity index (χ2v) is 3.79. The van der Waals surface area contributed by atoms with Gasteiger partial charge >= 0.3 is 0 Å². The zero-order valence-corrected chi connectivity index (χ0v) is 11.4. The number of imidazole rings is 1. The molecule has 0 aliphatic rings. The van der Waals surface area contributed by atoms with E-state index in [9.17, 15) is 0 Å². The Balaban J connectivity index is 0.000000771. The van der Waals surface area contributed by atoms with Gasteiger partial charge in [-0.2, -0.15) is 0 Å². The molecule has 0 aromatic carbocycles. The van der Waals surface area contributed by atoms with Crippen molar-refractivity contribution in [2.45, 2.75) is 33.7 Å². The molecule has 6 nitrogen and oxygen atoms in total. The summed E-state index contributed by atoms with van der Waals surface area (Å²) in [4.78, 5) is 12.6. The highest BCUT2D eigenvalue weighted by molar-refractivity contribution is 5.82. The maximum Gasteiger partial charge on any atom is 0.165 e. The largest absolute Gasteiger partial charge is 0.395 e. The Labute approximate surface area is 107 Å². The van der Waals surface area contributed by atoms with Crippen molar-refractivity contribution in [3.63, 3.8) is 0 Å².